The van der Waals surface area contributed by atoms with Gasteiger partial charge in [-0.15, -0.1) is 0 Å². The molecular formula is C13H14ClN3O. The van der Waals surface area contributed by atoms with Gasteiger partial charge >= 0.3 is 0 Å². The monoisotopic (exact) mass is 263 g/mol. The third-order valence-electron chi connectivity index (χ3n) is 2.63. The van der Waals surface area contributed by atoms with Gasteiger partial charge in [0.25, 0.3) is 0 Å². The Morgan fingerprint density at radius 2 is 2.06 bits per heavy atom. The zero-order valence-electron chi connectivity index (χ0n) is 10.5. The highest BCUT2D eigenvalue weighted by molar-refractivity contribution is 6.34. The summed E-state index contributed by atoms with van der Waals surface area (Å²) in [6.07, 6.45) is 3.06. The molecule has 0 radical (unpaired) electrons. The van der Waals surface area contributed by atoms with E-state index in [4.69, 9.17) is 11.6 Å². The summed E-state index contributed by atoms with van der Waals surface area (Å²) >= 11 is 6.04. The van der Waals surface area contributed by atoms with Gasteiger partial charge in [-0.2, -0.15) is 5.10 Å². The first-order valence-corrected chi connectivity index (χ1v) is 6.09. The molecule has 2 aromatic heterocycles. The minimum absolute atomic E-state index is 0.0786. The van der Waals surface area contributed by atoms with Gasteiger partial charge < -0.3 is 0 Å². The van der Waals surface area contributed by atoms with Crippen LogP contribution in [0.25, 0.3) is 0 Å². The minimum Gasteiger partial charge on any atom is -0.287 e. The number of hydrogen-bond acceptors (Lipinski definition) is 3. The lowest BCUT2D eigenvalue weighted by atomic mass is 10.1. The van der Waals surface area contributed by atoms with Gasteiger partial charge in [0.05, 0.1) is 11.2 Å². The molecule has 5 heteroatoms. The highest BCUT2D eigenvalue weighted by atomic mass is 35.5. The normalized spacial score (nSPS) is 10.9. The second kappa shape index (κ2) is 4.90. The number of ketones is 1. The maximum Gasteiger partial charge on any atom is 0.214 e. The topological polar surface area (TPSA) is 47.8 Å². The summed E-state index contributed by atoms with van der Waals surface area (Å²) in [5.41, 5.74) is 1.80. The number of pyridine rings is 1. The molecule has 4 nitrogen and oxygen atoms in total. The minimum atomic E-state index is -0.154. The summed E-state index contributed by atoms with van der Waals surface area (Å²) in [6, 6.07) is 3.63. The lowest BCUT2D eigenvalue weighted by molar-refractivity contribution is 0.102. The second-order valence-electron chi connectivity index (χ2n) is 4.40. The van der Waals surface area contributed by atoms with E-state index in [0.717, 1.165) is 5.69 Å². The van der Waals surface area contributed by atoms with Gasteiger partial charge in [0.2, 0.25) is 5.78 Å². The lowest BCUT2D eigenvalue weighted by Crippen LogP contribution is -2.14. The van der Waals surface area contributed by atoms with Crippen LogP contribution in [0.5, 0.6) is 0 Å². The maximum absolute atomic E-state index is 12.4. The van der Waals surface area contributed by atoms with Gasteiger partial charge in [-0.25, -0.2) is 0 Å². The first-order chi connectivity index (χ1) is 8.50. The molecule has 0 aromatic carbocycles. The zero-order valence-corrected chi connectivity index (χ0v) is 11.3. The Kier molecular flexibility index (Phi) is 3.48. The quantitative estimate of drug-likeness (QED) is 0.800. The summed E-state index contributed by atoms with van der Waals surface area (Å²) in [5.74, 6) is -0.154. The van der Waals surface area contributed by atoms with Gasteiger partial charge in [0.15, 0.2) is 0 Å². The smallest absolute Gasteiger partial charge is 0.214 e. The summed E-state index contributed by atoms with van der Waals surface area (Å²) in [7, 11) is 0. The molecule has 0 N–H and O–H groups in total. The average molecular weight is 264 g/mol. The molecule has 2 heterocycles. The van der Waals surface area contributed by atoms with Crippen molar-refractivity contribution in [2.24, 2.45) is 0 Å². The Bertz CT molecular complexity index is 572. The van der Waals surface area contributed by atoms with Crippen LogP contribution in [0.15, 0.2) is 24.5 Å². The number of hydrogen-bond donors (Lipinski definition) is 0. The predicted molar refractivity (Wildman–Crippen MR) is 70.0 cm³/mol. The van der Waals surface area contributed by atoms with Crippen molar-refractivity contribution in [3.63, 3.8) is 0 Å². The van der Waals surface area contributed by atoms with E-state index in [1.165, 1.54) is 6.20 Å². The number of carbonyl (C=O) groups is 1. The number of aryl methyl sites for hydroxylation is 1. The van der Waals surface area contributed by atoms with Crippen molar-refractivity contribution in [1.82, 2.24) is 14.8 Å². The number of rotatable bonds is 3. The van der Waals surface area contributed by atoms with E-state index < -0.39 is 0 Å². The molecule has 0 aliphatic heterocycles. The Labute approximate surface area is 111 Å². The van der Waals surface area contributed by atoms with Crippen LogP contribution in [0.4, 0.5) is 0 Å². The molecule has 0 bridgehead atoms. The van der Waals surface area contributed by atoms with E-state index in [-0.39, 0.29) is 11.8 Å². The van der Waals surface area contributed by atoms with Crippen LogP contribution in [0.3, 0.4) is 0 Å². The number of carbonyl (C=O) groups excluding carboxylic acids is 1. The van der Waals surface area contributed by atoms with E-state index >= 15 is 0 Å². The Morgan fingerprint density at radius 1 is 1.33 bits per heavy atom. The van der Waals surface area contributed by atoms with Gasteiger partial charge in [-0.3, -0.25) is 14.5 Å². The molecule has 0 unspecified atom stereocenters. The fourth-order valence-electron chi connectivity index (χ4n) is 1.68. The summed E-state index contributed by atoms with van der Waals surface area (Å²) in [4.78, 5) is 16.5. The number of nitrogens with zero attached hydrogens (tertiary/aromatic N) is 3. The highest BCUT2D eigenvalue weighted by Crippen LogP contribution is 2.21. The molecule has 0 saturated heterocycles. The first-order valence-electron chi connectivity index (χ1n) is 5.71. The zero-order chi connectivity index (χ0) is 13.3. The van der Waals surface area contributed by atoms with Gasteiger partial charge in [0, 0.05) is 23.5 Å². The van der Waals surface area contributed by atoms with Crippen LogP contribution in [-0.4, -0.2) is 20.5 Å². The number of aromatic nitrogens is 3. The maximum atomic E-state index is 12.4. The van der Waals surface area contributed by atoms with Crippen molar-refractivity contribution in [1.29, 1.82) is 0 Å². The van der Waals surface area contributed by atoms with Crippen molar-refractivity contribution in [2.45, 2.75) is 26.8 Å². The van der Waals surface area contributed by atoms with Crippen LogP contribution in [-0.2, 0) is 0 Å². The molecule has 0 fully saturated rings. The van der Waals surface area contributed by atoms with Gasteiger partial charge in [-0.1, -0.05) is 11.6 Å². The molecule has 2 aromatic rings. The fraction of sp³-hybridized carbons (Fsp3) is 0.308. The second-order valence-corrected chi connectivity index (χ2v) is 4.80. The molecule has 0 amide bonds. The van der Waals surface area contributed by atoms with Gasteiger partial charge in [-0.05, 0) is 32.9 Å². The fourth-order valence-corrected chi connectivity index (χ4v) is 1.90. The van der Waals surface area contributed by atoms with Crippen molar-refractivity contribution in [3.05, 3.63) is 46.5 Å². The van der Waals surface area contributed by atoms with E-state index in [1.54, 1.807) is 23.0 Å². The predicted octanol–water partition coefficient (Wildman–Crippen LogP) is 3.05. The molecule has 0 aliphatic rings. The first kappa shape index (κ1) is 12.8. The van der Waals surface area contributed by atoms with Crippen molar-refractivity contribution in [3.8, 4) is 0 Å². The number of halogens is 1. The van der Waals surface area contributed by atoms with E-state index in [2.05, 4.69) is 10.1 Å². The SMILES string of the molecule is Cc1ccc(C(=O)c2c(Cl)cnn2C(C)C)cn1. The van der Waals surface area contributed by atoms with Crippen molar-refractivity contribution < 1.29 is 4.79 Å². The Balaban J connectivity index is 2.45. The van der Waals surface area contributed by atoms with Crippen LogP contribution in [0, 0.1) is 6.92 Å². The molecule has 94 valence electrons. The standard InChI is InChI=1S/C13H14ClN3O/c1-8(2)17-12(11(14)7-16-17)13(18)10-5-4-9(3)15-6-10/h4-8H,1-3H3. The van der Waals surface area contributed by atoms with E-state index in [0.29, 0.717) is 16.3 Å². The molecule has 0 aliphatic carbocycles. The molecule has 0 spiro atoms. The van der Waals surface area contributed by atoms with Crippen LogP contribution in [0.1, 0.15) is 41.6 Å². The summed E-state index contributed by atoms with van der Waals surface area (Å²) < 4.78 is 1.63. The van der Waals surface area contributed by atoms with Crippen LogP contribution in [0.2, 0.25) is 5.02 Å². The van der Waals surface area contributed by atoms with Gasteiger partial charge in [0.1, 0.15) is 5.69 Å². The van der Waals surface area contributed by atoms with Crippen molar-refractivity contribution >= 4 is 17.4 Å². The third kappa shape index (κ3) is 2.29. The third-order valence-corrected chi connectivity index (χ3v) is 2.91. The molecule has 0 atom stereocenters. The van der Waals surface area contributed by atoms with E-state index in [9.17, 15) is 4.79 Å². The molecule has 2 rings (SSSR count). The largest absolute Gasteiger partial charge is 0.287 e. The average Bonchev–Trinajstić information content (AvgIpc) is 2.71. The lowest BCUT2D eigenvalue weighted by Gasteiger charge is -2.10. The molecule has 0 saturated carbocycles. The van der Waals surface area contributed by atoms with E-state index in [1.807, 2.05) is 20.8 Å². The van der Waals surface area contributed by atoms with Crippen molar-refractivity contribution in [2.75, 3.05) is 0 Å². The molecule has 18 heavy (non-hydrogen) atoms. The summed E-state index contributed by atoms with van der Waals surface area (Å²) in [6.45, 7) is 5.78. The van der Waals surface area contributed by atoms with Crippen LogP contribution < -0.4 is 0 Å². The van der Waals surface area contributed by atoms with Crippen LogP contribution >= 0.6 is 11.6 Å². The summed E-state index contributed by atoms with van der Waals surface area (Å²) in [5, 5.41) is 4.49. The Hall–Kier alpha value is -1.68. The molecular weight excluding hydrogens is 250 g/mol. The highest BCUT2D eigenvalue weighted by Gasteiger charge is 2.20. The Morgan fingerprint density at radius 3 is 2.61 bits per heavy atom.